The van der Waals surface area contributed by atoms with Gasteiger partial charge in [0.2, 0.25) is 0 Å². The SMILES string of the molecule is CCNC(C)c1ccc(N(C)CCSC)cc1Cl. The number of hydrogen-bond donors (Lipinski definition) is 1. The van der Waals surface area contributed by atoms with Crippen molar-refractivity contribution in [2.45, 2.75) is 19.9 Å². The van der Waals surface area contributed by atoms with Gasteiger partial charge in [-0.15, -0.1) is 0 Å². The van der Waals surface area contributed by atoms with Gasteiger partial charge in [0.15, 0.2) is 0 Å². The van der Waals surface area contributed by atoms with Crippen molar-refractivity contribution in [2.75, 3.05) is 37.0 Å². The molecule has 1 unspecified atom stereocenters. The van der Waals surface area contributed by atoms with Crippen LogP contribution >= 0.6 is 23.4 Å². The molecule has 1 rings (SSSR count). The number of benzene rings is 1. The van der Waals surface area contributed by atoms with E-state index in [1.54, 1.807) is 0 Å². The summed E-state index contributed by atoms with van der Waals surface area (Å²) in [6, 6.07) is 6.63. The highest BCUT2D eigenvalue weighted by molar-refractivity contribution is 7.98. The molecule has 2 nitrogen and oxygen atoms in total. The van der Waals surface area contributed by atoms with E-state index in [4.69, 9.17) is 11.6 Å². The second kappa shape index (κ2) is 7.93. The minimum Gasteiger partial charge on any atom is -0.374 e. The molecule has 0 saturated carbocycles. The van der Waals surface area contributed by atoms with E-state index in [1.807, 2.05) is 11.8 Å². The van der Waals surface area contributed by atoms with Gasteiger partial charge in [0.25, 0.3) is 0 Å². The van der Waals surface area contributed by atoms with E-state index in [0.717, 1.165) is 23.9 Å². The summed E-state index contributed by atoms with van der Waals surface area (Å²) in [5, 5.41) is 4.23. The van der Waals surface area contributed by atoms with Crippen molar-refractivity contribution in [3.05, 3.63) is 28.8 Å². The van der Waals surface area contributed by atoms with Gasteiger partial charge in [-0.3, -0.25) is 0 Å². The van der Waals surface area contributed by atoms with Crippen LogP contribution in [0.3, 0.4) is 0 Å². The van der Waals surface area contributed by atoms with Crippen molar-refractivity contribution >= 4 is 29.1 Å². The van der Waals surface area contributed by atoms with Gasteiger partial charge in [-0.05, 0) is 37.4 Å². The average Bonchev–Trinajstić information content (AvgIpc) is 2.35. The zero-order chi connectivity index (χ0) is 13.5. The molecule has 0 aliphatic carbocycles. The normalized spacial score (nSPS) is 12.5. The lowest BCUT2D eigenvalue weighted by molar-refractivity contribution is 0.598. The van der Waals surface area contributed by atoms with Gasteiger partial charge in [0.05, 0.1) is 0 Å². The van der Waals surface area contributed by atoms with E-state index >= 15 is 0 Å². The molecule has 102 valence electrons. The Labute approximate surface area is 120 Å². The third-order valence-corrected chi connectivity index (χ3v) is 3.95. The van der Waals surface area contributed by atoms with Crippen molar-refractivity contribution < 1.29 is 0 Å². The molecule has 4 heteroatoms. The Morgan fingerprint density at radius 1 is 1.44 bits per heavy atom. The fourth-order valence-electron chi connectivity index (χ4n) is 1.88. The van der Waals surface area contributed by atoms with Gasteiger partial charge < -0.3 is 10.2 Å². The predicted octanol–water partition coefficient (Wildman–Crippen LogP) is 3.81. The standard InChI is InChI=1S/C14H23ClN2S/c1-5-16-11(2)13-7-6-12(10-14(13)15)17(3)8-9-18-4/h6-7,10-11,16H,5,8-9H2,1-4H3. The number of nitrogens with one attached hydrogen (secondary N) is 1. The van der Waals surface area contributed by atoms with Crippen LogP contribution in [0.15, 0.2) is 18.2 Å². The van der Waals surface area contributed by atoms with Gasteiger partial charge in [0, 0.05) is 36.1 Å². The van der Waals surface area contributed by atoms with E-state index in [2.05, 4.69) is 55.6 Å². The molecule has 1 atom stereocenters. The van der Waals surface area contributed by atoms with Crippen LogP contribution in [0.1, 0.15) is 25.5 Å². The Kier molecular flexibility index (Phi) is 6.90. The molecule has 0 amide bonds. The third kappa shape index (κ3) is 4.38. The first kappa shape index (κ1) is 15.7. The Morgan fingerprint density at radius 2 is 2.17 bits per heavy atom. The van der Waals surface area contributed by atoms with Crippen molar-refractivity contribution in [1.82, 2.24) is 5.32 Å². The number of rotatable bonds is 7. The highest BCUT2D eigenvalue weighted by Crippen LogP contribution is 2.27. The molecule has 0 radical (unpaired) electrons. The third-order valence-electron chi connectivity index (χ3n) is 3.03. The molecule has 0 heterocycles. The van der Waals surface area contributed by atoms with Crippen molar-refractivity contribution in [2.24, 2.45) is 0 Å². The maximum absolute atomic E-state index is 6.37. The fraction of sp³-hybridized carbons (Fsp3) is 0.571. The van der Waals surface area contributed by atoms with E-state index in [-0.39, 0.29) is 0 Å². The van der Waals surface area contributed by atoms with Crippen molar-refractivity contribution in [3.63, 3.8) is 0 Å². The smallest absolute Gasteiger partial charge is 0.0474 e. The first-order valence-corrected chi connectivity index (χ1v) is 8.10. The summed E-state index contributed by atoms with van der Waals surface area (Å²) in [5.74, 6) is 1.13. The number of hydrogen-bond acceptors (Lipinski definition) is 3. The van der Waals surface area contributed by atoms with Crippen LogP contribution in [0.2, 0.25) is 5.02 Å². The van der Waals surface area contributed by atoms with Crippen LogP contribution in [0, 0.1) is 0 Å². The van der Waals surface area contributed by atoms with Gasteiger partial charge in [0.1, 0.15) is 0 Å². The van der Waals surface area contributed by atoms with Crippen LogP contribution in [-0.4, -0.2) is 32.1 Å². The molecule has 18 heavy (non-hydrogen) atoms. The maximum atomic E-state index is 6.37. The summed E-state index contributed by atoms with van der Waals surface area (Å²) in [5.41, 5.74) is 2.35. The first-order valence-electron chi connectivity index (χ1n) is 6.33. The Hall–Kier alpha value is -0.380. The number of nitrogens with zero attached hydrogens (tertiary/aromatic N) is 1. The van der Waals surface area contributed by atoms with Crippen molar-refractivity contribution in [1.29, 1.82) is 0 Å². The van der Waals surface area contributed by atoms with Gasteiger partial charge >= 0.3 is 0 Å². The van der Waals surface area contributed by atoms with E-state index < -0.39 is 0 Å². The van der Waals surface area contributed by atoms with Crippen LogP contribution in [0.4, 0.5) is 5.69 Å². The van der Waals surface area contributed by atoms with Gasteiger partial charge in [-0.1, -0.05) is 24.6 Å². The molecule has 1 aromatic rings. The quantitative estimate of drug-likeness (QED) is 0.820. The topological polar surface area (TPSA) is 15.3 Å². The molecular formula is C14H23ClN2S. The van der Waals surface area contributed by atoms with Crippen LogP contribution in [-0.2, 0) is 0 Å². The van der Waals surface area contributed by atoms with E-state index in [1.165, 1.54) is 11.3 Å². The molecule has 1 aromatic carbocycles. The second-order valence-corrected chi connectivity index (χ2v) is 5.79. The summed E-state index contributed by atoms with van der Waals surface area (Å²) in [6.45, 7) is 6.24. The summed E-state index contributed by atoms with van der Waals surface area (Å²) in [4.78, 5) is 2.24. The molecule has 0 spiro atoms. The molecule has 1 N–H and O–H groups in total. The largest absolute Gasteiger partial charge is 0.374 e. The van der Waals surface area contributed by atoms with Gasteiger partial charge in [-0.25, -0.2) is 0 Å². The number of thioether (sulfide) groups is 1. The molecule has 0 bridgehead atoms. The van der Waals surface area contributed by atoms with Crippen LogP contribution < -0.4 is 10.2 Å². The summed E-state index contributed by atoms with van der Waals surface area (Å²) >= 11 is 8.23. The summed E-state index contributed by atoms with van der Waals surface area (Å²) in [7, 11) is 2.11. The lowest BCUT2D eigenvalue weighted by Crippen LogP contribution is -2.21. The highest BCUT2D eigenvalue weighted by Gasteiger charge is 2.10. The molecule has 0 aromatic heterocycles. The zero-order valence-electron chi connectivity index (χ0n) is 11.7. The summed E-state index contributed by atoms with van der Waals surface area (Å²) < 4.78 is 0. The number of halogens is 1. The lowest BCUT2D eigenvalue weighted by Gasteiger charge is -2.21. The lowest BCUT2D eigenvalue weighted by atomic mass is 10.1. The van der Waals surface area contributed by atoms with Gasteiger partial charge in [-0.2, -0.15) is 11.8 Å². The highest BCUT2D eigenvalue weighted by atomic mass is 35.5. The van der Waals surface area contributed by atoms with E-state index in [9.17, 15) is 0 Å². The molecule has 0 aliphatic heterocycles. The molecule has 0 aliphatic rings. The molecular weight excluding hydrogens is 264 g/mol. The minimum atomic E-state index is 0.299. The average molecular weight is 287 g/mol. The minimum absolute atomic E-state index is 0.299. The zero-order valence-corrected chi connectivity index (χ0v) is 13.2. The van der Waals surface area contributed by atoms with E-state index in [0.29, 0.717) is 6.04 Å². The Morgan fingerprint density at radius 3 is 2.72 bits per heavy atom. The predicted molar refractivity (Wildman–Crippen MR) is 85.2 cm³/mol. The monoisotopic (exact) mass is 286 g/mol. The number of anilines is 1. The molecule has 0 fully saturated rings. The molecule has 0 saturated heterocycles. The Balaban J connectivity index is 2.78. The fourth-order valence-corrected chi connectivity index (χ4v) is 2.67. The van der Waals surface area contributed by atoms with Crippen molar-refractivity contribution in [3.8, 4) is 0 Å². The van der Waals surface area contributed by atoms with Crippen LogP contribution in [0.25, 0.3) is 0 Å². The van der Waals surface area contributed by atoms with Crippen LogP contribution in [0.5, 0.6) is 0 Å². The Bertz CT molecular complexity index is 371. The summed E-state index contributed by atoms with van der Waals surface area (Å²) in [6.07, 6.45) is 2.13. The second-order valence-electron chi connectivity index (χ2n) is 4.40. The first-order chi connectivity index (χ1) is 8.60. The maximum Gasteiger partial charge on any atom is 0.0474 e.